The van der Waals surface area contributed by atoms with Gasteiger partial charge in [0.05, 0.1) is 22.9 Å². The first kappa shape index (κ1) is 22.7. The number of anilines is 1. The topological polar surface area (TPSA) is 102 Å². The summed E-state index contributed by atoms with van der Waals surface area (Å²) in [6.07, 6.45) is 1.78. The molecule has 10 nitrogen and oxygen atoms in total. The number of para-hydroxylation sites is 1. The van der Waals surface area contributed by atoms with Gasteiger partial charge >= 0.3 is 0 Å². The molecule has 5 rings (SSSR count). The summed E-state index contributed by atoms with van der Waals surface area (Å²) in [5, 5.41) is 5.10. The molecule has 0 radical (unpaired) electrons. The Bertz CT molecular complexity index is 1450. The van der Waals surface area contributed by atoms with Crippen LogP contribution in [-0.4, -0.2) is 66.3 Å². The molecular formula is C25H28N8O2. The fraction of sp³-hybridized carbons (Fsp3) is 0.360. The second-order valence-corrected chi connectivity index (χ2v) is 8.85. The molecule has 0 saturated carbocycles. The van der Waals surface area contributed by atoms with E-state index in [4.69, 9.17) is 0 Å². The van der Waals surface area contributed by atoms with Crippen LogP contribution < -0.4 is 10.5 Å². The lowest BCUT2D eigenvalue weighted by molar-refractivity contribution is -0.131. The SMILES string of the molecule is Cc1cc(C)n(-c2cc(N3CCN(C(=O)CCn4cnc5ccccc5c4=O)CC3)nc(C)n2)n1. The molecule has 1 fully saturated rings. The van der Waals surface area contributed by atoms with Crippen LogP contribution in [-0.2, 0) is 11.3 Å². The van der Waals surface area contributed by atoms with E-state index < -0.39 is 0 Å². The van der Waals surface area contributed by atoms with Gasteiger partial charge in [-0.05, 0) is 39.0 Å². The van der Waals surface area contributed by atoms with E-state index in [-0.39, 0.29) is 17.9 Å². The molecule has 0 spiro atoms. The zero-order valence-electron chi connectivity index (χ0n) is 20.2. The third-order valence-corrected chi connectivity index (χ3v) is 6.29. The number of rotatable bonds is 5. The smallest absolute Gasteiger partial charge is 0.261 e. The number of benzene rings is 1. The average molecular weight is 473 g/mol. The Labute approximate surface area is 202 Å². The molecule has 1 saturated heterocycles. The highest BCUT2D eigenvalue weighted by Crippen LogP contribution is 2.19. The van der Waals surface area contributed by atoms with Gasteiger partial charge in [0.15, 0.2) is 5.82 Å². The van der Waals surface area contributed by atoms with Crippen molar-refractivity contribution in [1.29, 1.82) is 0 Å². The van der Waals surface area contributed by atoms with E-state index in [1.807, 2.05) is 60.7 Å². The highest BCUT2D eigenvalue weighted by molar-refractivity contribution is 5.78. The second kappa shape index (κ2) is 9.28. The fourth-order valence-electron chi connectivity index (χ4n) is 4.49. The van der Waals surface area contributed by atoms with Gasteiger partial charge in [0.2, 0.25) is 5.91 Å². The molecule has 0 bridgehead atoms. The van der Waals surface area contributed by atoms with Gasteiger partial charge in [-0.1, -0.05) is 12.1 Å². The molecule has 10 heteroatoms. The van der Waals surface area contributed by atoms with Gasteiger partial charge in [0, 0.05) is 50.9 Å². The number of amides is 1. The standard InChI is InChI=1S/C25H28N8O2/c1-17-14-18(2)33(29-17)23-15-22(27-19(3)28-23)30-10-12-31(13-11-30)24(34)8-9-32-16-26-21-7-5-4-6-20(21)25(32)35/h4-7,14-16H,8-13H2,1-3H3. The number of nitrogens with zero attached hydrogens (tertiary/aromatic N) is 8. The van der Waals surface area contributed by atoms with Crippen LogP contribution in [0, 0.1) is 20.8 Å². The van der Waals surface area contributed by atoms with Crippen molar-refractivity contribution in [3.05, 3.63) is 70.3 Å². The van der Waals surface area contributed by atoms with Gasteiger partial charge in [-0.15, -0.1) is 0 Å². The third-order valence-electron chi connectivity index (χ3n) is 6.29. The fourth-order valence-corrected chi connectivity index (χ4v) is 4.49. The lowest BCUT2D eigenvalue weighted by atomic mass is 10.2. The highest BCUT2D eigenvalue weighted by Gasteiger charge is 2.23. The van der Waals surface area contributed by atoms with Crippen molar-refractivity contribution in [1.82, 2.24) is 34.2 Å². The van der Waals surface area contributed by atoms with Crippen LogP contribution in [0.2, 0.25) is 0 Å². The van der Waals surface area contributed by atoms with Gasteiger partial charge in [0.1, 0.15) is 11.6 Å². The van der Waals surface area contributed by atoms with E-state index in [0.29, 0.717) is 49.5 Å². The minimum absolute atomic E-state index is 0.0342. The summed E-state index contributed by atoms with van der Waals surface area (Å²) in [7, 11) is 0. The lowest BCUT2D eigenvalue weighted by Gasteiger charge is -2.35. The normalized spacial score (nSPS) is 14.0. The van der Waals surface area contributed by atoms with Crippen molar-refractivity contribution in [3.63, 3.8) is 0 Å². The highest BCUT2D eigenvalue weighted by atomic mass is 16.2. The van der Waals surface area contributed by atoms with E-state index >= 15 is 0 Å². The molecule has 1 aliphatic heterocycles. The van der Waals surface area contributed by atoms with E-state index in [9.17, 15) is 9.59 Å². The average Bonchev–Trinajstić information content (AvgIpc) is 3.21. The van der Waals surface area contributed by atoms with E-state index in [1.54, 1.807) is 6.07 Å². The summed E-state index contributed by atoms with van der Waals surface area (Å²) < 4.78 is 3.34. The van der Waals surface area contributed by atoms with Crippen LogP contribution in [0.3, 0.4) is 0 Å². The minimum Gasteiger partial charge on any atom is -0.353 e. The van der Waals surface area contributed by atoms with Gasteiger partial charge in [-0.2, -0.15) is 5.10 Å². The number of fused-ring (bicyclic) bond motifs is 1. The Hall–Kier alpha value is -4.08. The summed E-state index contributed by atoms with van der Waals surface area (Å²) in [4.78, 5) is 43.1. The second-order valence-electron chi connectivity index (χ2n) is 8.85. The Balaban J connectivity index is 1.22. The van der Waals surface area contributed by atoms with Gasteiger partial charge in [-0.25, -0.2) is 19.6 Å². The maximum absolute atomic E-state index is 12.9. The van der Waals surface area contributed by atoms with Crippen LogP contribution in [0.4, 0.5) is 5.82 Å². The Morgan fingerprint density at radius 2 is 1.71 bits per heavy atom. The lowest BCUT2D eigenvalue weighted by Crippen LogP contribution is -2.49. The van der Waals surface area contributed by atoms with Crippen LogP contribution in [0.15, 0.2) is 47.5 Å². The van der Waals surface area contributed by atoms with E-state index in [1.165, 1.54) is 10.9 Å². The summed E-state index contributed by atoms with van der Waals surface area (Å²) in [6, 6.07) is 11.2. The van der Waals surface area contributed by atoms with Gasteiger partial charge in [-0.3, -0.25) is 14.2 Å². The minimum atomic E-state index is -0.120. The molecule has 1 aliphatic rings. The third kappa shape index (κ3) is 4.64. The van der Waals surface area contributed by atoms with Crippen molar-refractivity contribution >= 4 is 22.6 Å². The summed E-state index contributed by atoms with van der Waals surface area (Å²) in [5.41, 5.74) is 2.50. The van der Waals surface area contributed by atoms with Gasteiger partial charge in [0.25, 0.3) is 5.56 Å². The molecule has 3 aromatic heterocycles. The van der Waals surface area contributed by atoms with Crippen molar-refractivity contribution < 1.29 is 4.79 Å². The van der Waals surface area contributed by atoms with Crippen LogP contribution in [0.1, 0.15) is 23.6 Å². The van der Waals surface area contributed by atoms with Crippen LogP contribution in [0.25, 0.3) is 16.7 Å². The first-order valence-electron chi connectivity index (χ1n) is 11.8. The van der Waals surface area contributed by atoms with E-state index in [2.05, 4.69) is 25.0 Å². The maximum Gasteiger partial charge on any atom is 0.261 e. The number of carbonyl (C=O) groups is 1. The Morgan fingerprint density at radius 1 is 0.971 bits per heavy atom. The molecule has 4 aromatic rings. The molecule has 1 amide bonds. The number of hydrogen-bond donors (Lipinski definition) is 0. The zero-order chi connectivity index (χ0) is 24.5. The maximum atomic E-state index is 12.9. The molecule has 35 heavy (non-hydrogen) atoms. The predicted molar refractivity (Wildman–Crippen MR) is 133 cm³/mol. The van der Waals surface area contributed by atoms with Crippen molar-refractivity contribution in [2.45, 2.75) is 33.7 Å². The molecule has 0 unspecified atom stereocenters. The molecule has 0 aliphatic carbocycles. The number of piperazine rings is 1. The van der Waals surface area contributed by atoms with Gasteiger partial charge < -0.3 is 9.80 Å². The largest absolute Gasteiger partial charge is 0.353 e. The Morgan fingerprint density at radius 3 is 2.46 bits per heavy atom. The van der Waals surface area contributed by atoms with Crippen molar-refractivity contribution in [3.8, 4) is 5.82 Å². The number of hydrogen-bond acceptors (Lipinski definition) is 7. The first-order chi connectivity index (χ1) is 16.9. The van der Waals surface area contributed by atoms with Crippen LogP contribution in [0.5, 0.6) is 0 Å². The summed E-state index contributed by atoms with van der Waals surface area (Å²) in [5.74, 6) is 2.29. The Kier molecular flexibility index (Phi) is 6.02. The zero-order valence-corrected chi connectivity index (χ0v) is 20.2. The predicted octanol–water partition coefficient (Wildman–Crippen LogP) is 2.04. The monoisotopic (exact) mass is 472 g/mol. The first-order valence-corrected chi connectivity index (χ1v) is 11.8. The molecule has 0 atom stereocenters. The molecule has 180 valence electrons. The molecule has 4 heterocycles. The summed E-state index contributed by atoms with van der Waals surface area (Å²) >= 11 is 0. The molecule has 1 aromatic carbocycles. The number of carbonyl (C=O) groups excluding carboxylic acids is 1. The quantitative estimate of drug-likeness (QED) is 0.438. The summed E-state index contributed by atoms with van der Waals surface area (Å²) in [6.45, 7) is 8.70. The van der Waals surface area contributed by atoms with E-state index in [0.717, 1.165) is 23.0 Å². The molecule has 0 N–H and O–H groups in total. The van der Waals surface area contributed by atoms with Crippen molar-refractivity contribution in [2.24, 2.45) is 0 Å². The molecular weight excluding hydrogens is 444 g/mol. The number of aromatic nitrogens is 6. The number of aryl methyl sites for hydroxylation is 4. The van der Waals surface area contributed by atoms with Crippen molar-refractivity contribution in [2.75, 3.05) is 31.1 Å². The van der Waals surface area contributed by atoms with Crippen LogP contribution >= 0.6 is 0 Å².